The zero-order chi connectivity index (χ0) is 19.9. The average molecular weight is 397 g/mol. The zero-order valence-corrected chi connectivity index (χ0v) is 16.5. The van der Waals surface area contributed by atoms with Crippen molar-refractivity contribution in [2.75, 3.05) is 11.4 Å². The lowest BCUT2D eigenvalue weighted by molar-refractivity contribution is 0.414. The average Bonchev–Trinajstić information content (AvgIpc) is 2.72. The molecular weight excluding hydrogens is 377 g/mol. The first kappa shape index (κ1) is 18.5. The Morgan fingerprint density at radius 2 is 1.82 bits per heavy atom. The molecule has 144 valence electrons. The van der Waals surface area contributed by atoms with Crippen molar-refractivity contribution in [2.24, 2.45) is 0 Å². The van der Waals surface area contributed by atoms with E-state index in [2.05, 4.69) is 0 Å². The number of halogens is 1. The van der Waals surface area contributed by atoms with Crippen molar-refractivity contribution in [1.29, 1.82) is 0 Å². The highest BCUT2D eigenvalue weighted by Gasteiger charge is 2.32. The Balaban J connectivity index is 1.91. The summed E-state index contributed by atoms with van der Waals surface area (Å²) in [5.41, 5.74) is 4.04. The molecule has 1 aliphatic rings. The smallest absolute Gasteiger partial charge is 0.264 e. The molecule has 0 spiro atoms. The van der Waals surface area contributed by atoms with E-state index in [1.54, 1.807) is 18.2 Å². The summed E-state index contributed by atoms with van der Waals surface area (Å²) in [7, 11) is -2.30. The molecule has 1 aliphatic heterocycles. The number of sulfonamides is 1. The number of aryl methyl sites for hydroxylation is 1. The Morgan fingerprint density at radius 1 is 1.07 bits per heavy atom. The third-order valence-electron chi connectivity index (χ3n) is 5.08. The topological polar surface area (TPSA) is 46.6 Å². The monoisotopic (exact) mass is 397 g/mol. The normalized spacial score (nSPS) is 13.0. The van der Waals surface area contributed by atoms with Crippen LogP contribution in [-0.4, -0.2) is 15.5 Å². The van der Waals surface area contributed by atoms with Gasteiger partial charge in [-0.15, -0.1) is 0 Å². The van der Waals surface area contributed by atoms with Crippen LogP contribution in [0.3, 0.4) is 0 Å². The Labute approximate surface area is 164 Å². The number of ether oxygens (including phenoxy) is 1. The minimum absolute atomic E-state index is 0.0849. The summed E-state index contributed by atoms with van der Waals surface area (Å²) in [6, 6.07) is 16.5. The van der Waals surface area contributed by atoms with Gasteiger partial charge in [-0.05, 0) is 65.6 Å². The van der Waals surface area contributed by atoms with E-state index in [0.29, 0.717) is 17.0 Å². The third kappa shape index (κ3) is 2.94. The molecule has 0 N–H and O–H groups in total. The van der Waals surface area contributed by atoms with E-state index in [4.69, 9.17) is 4.74 Å². The molecule has 0 bridgehead atoms. The highest BCUT2D eigenvalue weighted by molar-refractivity contribution is 7.92. The molecule has 0 saturated heterocycles. The summed E-state index contributed by atoms with van der Waals surface area (Å²) < 4.78 is 47.3. The van der Waals surface area contributed by atoms with E-state index in [1.165, 1.54) is 35.7 Å². The summed E-state index contributed by atoms with van der Waals surface area (Å²) in [5.74, 6) is 0.205. The van der Waals surface area contributed by atoms with Crippen LogP contribution in [0.15, 0.2) is 65.6 Å². The van der Waals surface area contributed by atoms with E-state index in [9.17, 15) is 12.8 Å². The summed E-state index contributed by atoms with van der Waals surface area (Å²) in [4.78, 5) is 0.168. The van der Waals surface area contributed by atoms with Crippen LogP contribution in [0.2, 0.25) is 0 Å². The maximum atomic E-state index is 13.9. The number of hydrogen-bond acceptors (Lipinski definition) is 3. The minimum atomic E-state index is -3.83. The van der Waals surface area contributed by atoms with Crippen molar-refractivity contribution < 1.29 is 17.5 Å². The number of anilines is 1. The second-order valence-corrected chi connectivity index (χ2v) is 8.52. The van der Waals surface area contributed by atoms with Crippen molar-refractivity contribution in [2.45, 2.75) is 24.8 Å². The first-order chi connectivity index (χ1) is 13.5. The van der Waals surface area contributed by atoms with Gasteiger partial charge >= 0.3 is 0 Å². The fraction of sp³-hybridized carbons (Fsp3) is 0.182. The molecule has 4 rings (SSSR count). The van der Waals surface area contributed by atoms with Crippen molar-refractivity contribution in [3.63, 3.8) is 0 Å². The molecule has 1 heterocycles. The molecule has 28 heavy (non-hydrogen) atoms. The SMILES string of the molecule is CCc1cccc2c1-c1ccc(F)cc1CN2S(=O)(=O)c1ccc(OC)cc1. The fourth-order valence-corrected chi connectivity index (χ4v) is 5.12. The largest absolute Gasteiger partial charge is 0.497 e. The lowest BCUT2D eigenvalue weighted by Gasteiger charge is -2.33. The number of benzene rings is 3. The van der Waals surface area contributed by atoms with Crippen LogP contribution in [0.25, 0.3) is 11.1 Å². The number of fused-ring (bicyclic) bond motifs is 3. The molecule has 0 fully saturated rings. The van der Waals surface area contributed by atoms with Crippen LogP contribution in [0.1, 0.15) is 18.1 Å². The van der Waals surface area contributed by atoms with Crippen molar-refractivity contribution in [3.05, 3.63) is 77.6 Å². The molecular formula is C22H20FNO3S. The van der Waals surface area contributed by atoms with Gasteiger partial charge in [0.15, 0.2) is 0 Å². The molecule has 0 aromatic heterocycles. The van der Waals surface area contributed by atoms with Crippen LogP contribution >= 0.6 is 0 Å². The van der Waals surface area contributed by atoms with E-state index in [-0.39, 0.29) is 17.3 Å². The lowest BCUT2D eigenvalue weighted by atomic mass is 9.90. The Morgan fingerprint density at radius 3 is 2.50 bits per heavy atom. The molecule has 0 saturated carbocycles. The van der Waals surface area contributed by atoms with E-state index in [0.717, 1.165) is 23.1 Å². The predicted molar refractivity (Wildman–Crippen MR) is 108 cm³/mol. The van der Waals surface area contributed by atoms with Crippen LogP contribution in [0.5, 0.6) is 5.75 Å². The lowest BCUT2D eigenvalue weighted by Crippen LogP contribution is -2.33. The second-order valence-electron chi connectivity index (χ2n) is 6.65. The van der Waals surface area contributed by atoms with Gasteiger partial charge in [0, 0.05) is 5.56 Å². The second kappa shape index (κ2) is 6.95. The minimum Gasteiger partial charge on any atom is -0.497 e. The number of nitrogens with zero attached hydrogens (tertiary/aromatic N) is 1. The molecule has 6 heteroatoms. The zero-order valence-electron chi connectivity index (χ0n) is 15.6. The highest BCUT2D eigenvalue weighted by Crippen LogP contribution is 2.44. The number of hydrogen-bond donors (Lipinski definition) is 0. The molecule has 3 aromatic rings. The van der Waals surface area contributed by atoms with Gasteiger partial charge in [-0.3, -0.25) is 4.31 Å². The summed E-state index contributed by atoms with van der Waals surface area (Å²) in [5, 5.41) is 0. The van der Waals surface area contributed by atoms with Gasteiger partial charge in [0.2, 0.25) is 0 Å². The first-order valence-corrected chi connectivity index (χ1v) is 10.5. The van der Waals surface area contributed by atoms with Crippen LogP contribution in [-0.2, 0) is 23.0 Å². The summed E-state index contributed by atoms with van der Waals surface area (Å²) in [6.07, 6.45) is 0.746. The molecule has 4 nitrogen and oxygen atoms in total. The molecule has 0 amide bonds. The standard InChI is InChI=1S/C22H20FNO3S/c1-3-15-5-4-6-21-22(15)20-12-7-17(23)13-16(20)14-24(21)28(25,26)19-10-8-18(27-2)9-11-19/h4-13H,3,14H2,1-2H3. The van der Waals surface area contributed by atoms with Gasteiger partial charge in [-0.2, -0.15) is 0 Å². The fourth-order valence-electron chi connectivity index (χ4n) is 3.67. The van der Waals surface area contributed by atoms with E-state index < -0.39 is 10.0 Å². The van der Waals surface area contributed by atoms with E-state index in [1.807, 2.05) is 25.1 Å². The Bertz CT molecular complexity index is 1140. The molecule has 0 unspecified atom stereocenters. The van der Waals surface area contributed by atoms with E-state index >= 15 is 0 Å². The van der Waals surface area contributed by atoms with Gasteiger partial charge in [-0.25, -0.2) is 12.8 Å². The molecule has 0 atom stereocenters. The molecule has 0 radical (unpaired) electrons. The Hall–Kier alpha value is -2.86. The van der Waals surface area contributed by atoms with Crippen molar-refractivity contribution in [1.82, 2.24) is 0 Å². The van der Waals surface area contributed by atoms with Gasteiger partial charge in [0.1, 0.15) is 11.6 Å². The predicted octanol–water partition coefficient (Wildman–Crippen LogP) is 4.77. The van der Waals surface area contributed by atoms with Gasteiger partial charge < -0.3 is 4.74 Å². The maximum Gasteiger partial charge on any atom is 0.264 e. The van der Waals surface area contributed by atoms with Crippen LogP contribution < -0.4 is 9.04 Å². The summed E-state index contributed by atoms with van der Waals surface area (Å²) >= 11 is 0. The summed E-state index contributed by atoms with van der Waals surface area (Å²) in [6.45, 7) is 2.11. The Kier molecular flexibility index (Phi) is 4.59. The highest BCUT2D eigenvalue weighted by atomic mass is 32.2. The van der Waals surface area contributed by atoms with Crippen LogP contribution in [0.4, 0.5) is 10.1 Å². The van der Waals surface area contributed by atoms with Gasteiger partial charge in [0.25, 0.3) is 10.0 Å². The van der Waals surface area contributed by atoms with Crippen molar-refractivity contribution >= 4 is 15.7 Å². The quantitative estimate of drug-likeness (QED) is 0.637. The molecule has 3 aromatic carbocycles. The number of rotatable bonds is 4. The maximum absolute atomic E-state index is 13.9. The first-order valence-electron chi connectivity index (χ1n) is 9.03. The van der Waals surface area contributed by atoms with Gasteiger partial charge in [-0.1, -0.05) is 25.1 Å². The van der Waals surface area contributed by atoms with Crippen LogP contribution in [0, 0.1) is 5.82 Å². The molecule has 0 aliphatic carbocycles. The number of methoxy groups -OCH3 is 1. The van der Waals surface area contributed by atoms with Crippen molar-refractivity contribution in [3.8, 4) is 16.9 Å². The van der Waals surface area contributed by atoms with Gasteiger partial charge in [0.05, 0.1) is 24.2 Å². The third-order valence-corrected chi connectivity index (χ3v) is 6.85.